The van der Waals surface area contributed by atoms with Crippen molar-refractivity contribution < 1.29 is 5.11 Å². The first kappa shape index (κ1) is 9.86. The van der Waals surface area contributed by atoms with Gasteiger partial charge in [-0.05, 0) is 43.5 Å². The van der Waals surface area contributed by atoms with Gasteiger partial charge in [-0.25, -0.2) is 0 Å². The molecule has 0 fully saturated rings. The van der Waals surface area contributed by atoms with E-state index in [1.54, 1.807) is 18.2 Å². The number of nitrogen functional groups attached to an aromatic ring is 1. The summed E-state index contributed by atoms with van der Waals surface area (Å²) in [7, 11) is 0. The number of phenols is 1. The normalized spacial score (nSPS) is 12.8. The summed E-state index contributed by atoms with van der Waals surface area (Å²) in [6.45, 7) is 1.95. The largest absolute Gasteiger partial charge is 0.508 e. The van der Waals surface area contributed by atoms with Gasteiger partial charge in [0.2, 0.25) is 0 Å². The van der Waals surface area contributed by atoms with Crippen molar-refractivity contribution >= 4 is 5.69 Å². The molecule has 0 aliphatic heterocycles. The number of anilines is 1. The third kappa shape index (κ3) is 2.95. The quantitative estimate of drug-likeness (QED) is 0.484. The highest BCUT2D eigenvalue weighted by atomic mass is 16.3. The molecule has 1 atom stereocenters. The number of phenolic OH excluding ortho intramolecular Hbond substituents is 1. The summed E-state index contributed by atoms with van der Waals surface area (Å²) in [5.74, 6) is 0.301. The van der Waals surface area contributed by atoms with Gasteiger partial charge in [-0.15, -0.1) is 0 Å². The van der Waals surface area contributed by atoms with Gasteiger partial charge < -0.3 is 16.6 Å². The average Bonchev–Trinajstić information content (AvgIpc) is 2.06. The van der Waals surface area contributed by atoms with E-state index in [9.17, 15) is 5.11 Å². The molecule has 0 aliphatic rings. The highest BCUT2D eigenvalue weighted by molar-refractivity contribution is 5.47. The molecule has 1 rings (SSSR count). The number of hydrogen-bond donors (Lipinski definition) is 3. The van der Waals surface area contributed by atoms with Gasteiger partial charge in [0.05, 0.1) is 0 Å². The standard InChI is InChI=1S/C10H16N2O/c1-7(11)2-3-8-6-9(12)4-5-10(8)13/h4-7,13H,2-3,11-12H2,1H3. The number of aryl methyl sites for hydroxylation is 1. The van der Waals surface area contributed by atoms with Crippen molar-refractivity contribution in [1.82, 2.24) is 0 Å². The Morgan fingerprint density at radius 3 is 2.77 bits per heavy atom. The van der Waals surface area contributed by atoms with Crippen LogP contribution in [-0.2, 0) is 6.42 Å². The maximum absolute atomic E-state index is 9.45. The van der Waals surface area contributed by atoms with Gasteiger partial charge in [0.1, 0.15) is 5.75 Å². The fourth-order valence-electron chi connectivity index (χ4n) is 1.19. The maximum atomic E-state index is 9.45. The molecular weight excluding hydrogens is 164 g/mol. The average molecular weight is 180 g/mol. The van der Waals surface area contributed by atoms with Crippen LogP contribution in [0.15, 0.2) is 18.2 Å². The smallest absolute Gasteiger partial charge is 0.118 e. The monoisotopic (exact) mass is 180 g/mol. The first-order chi connectivity index (χ1) is 6.09. The number of rotatable bonds is 3. The first-order valence-electron chi connectivity index (χ1n) is 4.42. The Labute approximate surface area is 78.4 Å². The fraction of sp³-hybridized carbons (Fsp3) is 0.400. The summed E-state index contributed by atoms with van der Waals surface area (Å²) in [6.07, 6.45) is 1.63. The second kappa shape index (κ2) is 4.14. The highest BCUT2D eigenvalue weighted by Crippen LogP contribution is 2.21. The fourth-order valence-corrected chi connectivity index (χ4v) is 1.19. The maximum Gasteiger partial charge on any atom is 0.118 e. The van der Waals surface area contributed by atoms with Crippen LogP contribution in [-0.4, -0.2) is 11.1 Å². The summed E-state index contributed by atoms with van der Waals surface area (Å²) in [6, 6.07) is 5.25. The minimum Gasteiger partial charge on any atom is -0.508 e. The SMILES string of the molecule is CC(N)CCc1cc(N)ccc1O. The zero-order chi connectivity index (χ0) is 9.84. The lowest BCUT2D eigenvalue weighted by molar-refractivity contribution is 0.466. The van der Waals surface area contributed by atoms with E-state index in [1.165, 1.54) is 0 Å². The lowest BCUT2D eigenvalue weighted by Crippen LogP contribution is -2.15. The molecule has 13 heavy (non-hydrogen) atoms. The van der Waals surface area contributed by atoms with Crippen molar-refractivity contribution in [3.8, 4) is 5.75 Å². The molecule has 0 saturated heterocycles. The Hall–Kier alpha value is -1.22. The van der Waals surface area contributed by atoms with Gasteiger partial charge in [0, 0.05) is 11.7 Å². The summed E-state index contributed by atoms with van der Waals surface area (Å²) in [5, 5.41) is 9.45. The Bertz CT molecular complexity index is 284. The Kier molecular flexibility index (Phi) is 3.14. The van der Waals surface area contributed by atoms with Crippen LogP contribution in [0.4, 0.5) is 5.69 Å². The minimum atomic E-state index is 0.154. The molecule has 0 bridgehead atoms. The molecule has 3 heteroatoms. The molecule has 0 aromatic heterocycles. The molecule has 5 N–H and O–H groups in total. The van der Waals surface area contributed by atoms with Gasteiger partial charge in [0.15, 0.2) is 0 Å². The summed E-state index contributed by atoms with van der Waals surface area (Å²) in [5.41, 5.74) is 12.8. The first-order valence-corrected chi connectivity index (χ1v) is 4.42. The third-order valence-electron chi connectivity index (χ3n) is 1.97. The predicted octanol–water partition coefficient (Wildman–Crippen LogP) is 1.25. The molecule has 0 spiro atoms. The minimum absolute atomic E-state index is 0.154. The Morgan fingerprint density at radius 1 is 1.46 bits per heavy atom. The van der Waals surface area contributed by atoms with E-state index in [0.29, 0.717) is 11.4 Å². The molecule has 0 amide bonds. The van der Waals surface area contributed by atoms with E-state index in [2.05, 4.69) is 0 Å². The van der Waals surface area contributed by atoms with Crippen LogP contribution in [0.25, 0.3) is 0 Å². The topological polar surface area (TPSA) is 72.3 Å². The van der Waals surface area contributed by atoms with E-state index in [0.717, 1.165) is 18.4 Å². The van der Waals surface area contributed by atoms with Crippen molar-refractivity contribution in [1.29, 1.82) is 0 Å². The summed E-state index contributed by atoms with van der Waals surface area (Å²) >= 11 is 0. The van der Waals surface area contributed by atoms with Crippen LogP contribution >= 0.6 is 0 Å². The summed E-state index contributed by atoms with van der Waals surface area (Å²) in [4.78, 5) is 0. The molecule has 0 saturated carbocycles. The van der Waals surface area contributed by atoms with E-state index in [-0.39, 0.29) is 6.04 Å². The van der Waals surface area contributed by atoms with E-state index in [1.807, 2.05) is 6.92 Å². The number of aromatic hydroxyl groups is 1. The zero-order valence-electron chi connectivity index (χ0n) is 7.83. The molecular formula is C10H16N2O. The van der Waals surface area contributed by atoms with Crippen LogP contribution in [0.3, 0.4) is 0 Å². The molecule has 0 aliphatic carbocycles. The van der Waals surface area contributed by atoms with Crippen LogP contribution < -0.4 is 11.5 Å². The molecule has 0 radical (unpaired) electrons. The van der Waals surface area contributed by atoms with Crippen molar-refractivity contribution in [3.63, 3.8) is 0 Å². The number of benzene rings is 1. The lowest BCUT2D eigenvalue weighted by Gasteiger charge is -2.07. The van der Waals surface area contributed by atoms with Gasteiger partial charge in [-0.3, -0.25) is 0 Å². The number of hydrogen-bond acceptors (Lipinski definition) is 3. The van der Waals surface area contributed by atoms with Crippen LogP contribution in [0.2, 0.25) is 0 Å². The van der Waals surface area contributed by atoms with Crippen LogP contribution in [0.5, 0.6) is 5.75 Å². The molecule has 1 unspecified atom stereocenters. The van der Waals surface area contributed by atoms with Crippen molar-refractivity contribution in [2.24, 2.45) is 5.73 Å². The second-order valence-electron chi connectivity index (χ2n) is 3.40. The van der Waals surface area contributed by atoms with Crippen molar-refractivity contribution in [2.45, 2.75) is 25.8 Å². The molecule has 3 nitrogen and oxygen atoms in total. The van der Waals surface area contributed by atoms with Crippen LogP contribution in [0.1, 0.15) is 18.9 Å². The van der Waals surface area contributed by atoms with Gasteiger partial charge in [0.25, 0.3) is 0 Å². The zero-order valence-corrected chi connectivity index (χ0v) is 7.83. The Balaban J connectivity index is 2.70. The summed E-state index contributed by atoms with van der Waals surface area (Å²) < 4.78 is 0. The van der Waals surface area contributed by atoms with Gasteiger partial charge >= 0.3 is 0 Å². The lowest BCUT2D eigenvalue weighted by atomic mass is 10.1. The Morgan fingerprint density at radius 2 is 2.15 bits per heavy atom. The van der Waals surface area contributed by atoms with Crippen molar-refractivity contribution in [2.75, 3.05) is 5.73 Å². The predicted molar refractivity (Wildman–Crippen MR) is 54.5 cm³/mol. The van der Waals surface area contributed by atoms with Gasteiger partial charge in [-0.1, -0.05) is 0 Å². The van der Waals surface area contributed by atoms with Gasteiger partial charge in [-0.2, -0.15) is 0 Å². The molecule has 1 aromatic rings. The van der Waals surface area contributed by atoms with Crippen molar-refractivity contribution in [3.05, 3.63) is 23.8 Å². The van der Waals surface area contributed by atoms with E-state index >= 15 is 0 Å². The third-order valence-corrected chi connectivity index (χ3v) is 1.97. The highest BCUT2D eigenvalue weighted by Gasteiger charge is 2.02. The van der Waals surface area contributed by atoms with E-state index < -0.39 is 0 Å². The number of nitrogens with two attached hydrogens (primary N) is 2. The van der Waals surface area contributed by atoms with Crippen LogP contribution in [0, 0.1) is 0 Å². The molecule has 72 valence electrons. The molecule has 1 aromatic carbocycles. The molecule has 0 heterocycles. The van der Waals surface area contributed by atoms with E-state index in [4.69, 9.17) is 11.5 Å². The second-order valence-corrected chi connectivity index (χ2v) is 3.40.